The molecule has 0 aliphatic carbocycles. The Morgan fingerprint density at radius 1 is 1.45 bits per heavy atom. The molecule has 1 heterocycles. The van der Waals surface area contributed by atoms with E-state index in [9.17, 15) is 13.2 Å². The molecule has 5 nitrogen and oxygen atoms in total. The summed E-state index contributed by atoms with van der Waals surface area (Å²) in [6, 6.07) is 5.65. The summed E-state index contributed by atoms with van der Waals surface area (Å²) in [5.74, 6) is 0.973. The highest BCUT2D eigenvalue weighted by atomic mass is 79.9. The van der Waals surface area contributed by atoms with Crippen molar-refractivity contribution in [2.45, 2.75) is 19.4 Å². The van der Waals surface area contributed by atoms with Gasteiger partial charge in [0.2, 0.25) is 5.91 Å². The molecule has 22 heavy (non-hydrogen) atoms. The molecule has 1 aromatic rings. The third kappa shape index (κ3) is 4.46. The average Bonchev–Trinajstić information content (AvgIpc) is 2.78. The van der Waals surface area contributed by atoms with Crippen LogP contribution in [0.3, 0.4) is 0 Å². The van der Waals surface area contributed by atoms with Gasteiger partial charge in [-0.3, -0.25) is 4.79 Å². The van der Waals surface area contributed by atoms with Crippen LogP contribution in [0.25, 0.3) is 0 Å². The first-order valence-corrected chi connectivity index (χ1v) is 9.69. The molecule has 0 spiro atoms. The molecule has 1 saturated heterocycles. The van der Waals surface area contributed by atoms with E-state index in [1.54, 1.807) is 19.1 Å². The first kappa shape index (κ1) is 17.3. The van der Waals surface area contributed by atoms with Crippen LogP contribution in [0.4, 0.5) is 0 Å². The predicted octanol–water partition coefficient (Wildman–Crippen LogP) is 2.24. The summed E-state index contributed by atoms with van der Waals surface area (Å²) >= 11 is 3.41. The van der Waals surface area contributed by atoms with Gasteiger partial charge in [-0.2, -0.15) is 0 Å². The molecule has 1 atom stereocenters. The van der Waals surface area contributed by atoms with Crippen molar-refractivity contribution in [3.8, 4) is 5.75 Å². The minimum absolute atomic E-state index is 0.0378. The molecule has 0 bridgehead atoms. The van der Waals surface area contributed by atoms with Gasteiger partial charge < -0.3 is 9.64 Å². The van der Waals surface area contributed by atoms with E-state index >= 15 is 0 Å². The van der Waals surface area contributed by atoms with E-state index in [2.05, 4.69) is 15.9 Å². The highest BCUT2D eigenvalue weighted by Gasteiger charge is 2.30. The molecule has 0 unspecified atom stereocenters. The molecule has 0 N–H and O–H groups in total. The topological polar surface area (TPSA) is 63.7 Å². The number of halogens is 1. The first-order chi connectivity index (χ1) is 10.3. The third-order valence-corrected chi connectivity index (χ3v) is 6.20. The van der Waals surface area contributed by atoms with E-state index in [0.29, 0.717) is 13.0 Å². The quantitative estimate of drug-likeness (QED) is 0.774. The fourth-order valence-corrected chi connectivity index (χ4v) is 4.92. The second-order valence-electron chi connectivity index (χ2n) is 5.68. The van der Waals surface area contributed by atoms with Gasteiger partial charge in [-0.15, -0.1) is 0 Å². The van der Waals surface area contributed by atoms with Crippen LogP contribution >= 0.6 is 15.9 Å². The zero-order valence-electron chi connectivity index (χ0n) is 12.7. The zero-order chi connectivity index (χ0) is 16.3. The third-order valence-electron chi connectivity index (χ3n) is 3.87. The lowest BCUT2D eigenvalue weighted by molar-refractivity contribution is -0.131. The molecule has 0 radical (unpaired) electrons. The minimum atomic E-state index is -2.94. The van der Waals surface area contributed by atoms with E-state index < -0.39 is 9.84 Å². The van der Waals surface area contributed by atoms with Crippen molar-refractivity contribution >= 4 is 31.7 Å². The maximum absolute atomic E-state index is 12.3. The van der Waals surface area contributed by atoms with E-state index in [4.69, 9.17) is 4.74 Å². The molecular formula is C15H20BrNO4S. The van der Waals surface area contributed by atoms with Crippen molar-refractivity contribution in [1.29, 1.82) is 0 Å². The van der Waals surface area contributed by atoms with Crippen LogP contribution in [0.2, 0.25) is 0 Å². The van der Waals surface area contributed by atoms with Gasteiger partial charge in [-0.1, -0.05) is 15.9 Å². The molecule has 2 rings (SSSR count). The summed E-state index contributed by atoms with van der Waals surface area (Å²) < 4.78 is 29.1. The number of ether oxygens (including phenoxy) is 1. The highest BCUT2D eigenvalue weighted by molar-refractivity contribution is 9.10. The monoisotopic (exact) mass is 389 g/mol. The lowest BCUT2D eigenvalue weighted by atomic mass is 10.0. The van der Waals surface area contributed by atoms with Gasteiger partial charge in [0.1, 0.15) is 5.75 Å². The van der Waals surface area contributed by atoms with Gasteiger partial charge >= 0.3 is 0 Å². The number of amides is 1. The number of hydrogen-bond donors (Lipinski definition) is 0. The van der Waals surface area contributed by atoms with Crippen molar-refractivity contribution in [3.63, 3.8) is 0 Å². The fourth-order valence-electron chi connectivity index (χ4n) is 2.65. The number of carbonyl (C=O) groups excluding carboxylic acids is 1. The van der Waals surface area contributed by atoms with E-state index in [-0.39, 0.29) is 29.8 Å². The number of nitrogens with zero attached hydrogens (tertiary/aromatic N) is 1. The SMILES string of the molecule is COc1ccc(Br)cc1CN(C)C(=O)C[C@@H]1CCS(=O)(=O)C1. The first-order valence-electron chi connectivity index (χ1n) is 7.07. The van der Waals surface area contributed by atoms with Gasteiger partial charge in [0.15, 0.2) is 9.84 Å². The largest absolute Gasteiger partial charge is 0.496 e. The Balaban J connectivity index is 1.98. The van der Waals surface area contributed by atoms with Gasteiger partial charge in [-0.05, 0) is 30.5 Å². The average molecular weight is 390 g/mol. The molecule has 0 saturated carbocycles. The smallest absolute Gasteiger partial charge is 0.222 e. The summed E-state index contributed by atoms with van der Waals surface area (Å²) in [5, 5.41) is 0. The number of methoxy groups -OCH3 is 1. The lowest BCUT2D eigenvalue weighted by Gasteiger charge is -2.20. The highest BCUT2D eigenvalue weighted by Crippen LogP contribution is 2.26. The number of sulfone groups is 1. The number of hydrogen-bond acceptors (Lipinski definition) is 4. The standard InChI is InChI=1S/C15H20BrNO4S/c1-17(9-12-8-13(16)3-4-14(12)21-2)15(18)7-11-5-6-22(19,20)10-11/h3-4,8,11H,5-7,9-10H2,1-2H3/t11-/m0/s1. The van der Waals surface area contributed by atoms with E-state index in [0.717, 1.165) is 15.8 Å². The summed E-state index contributed by atoms with van der Waals surface area (Å²) in [6.45, 7) is 0.431. The Morgan fingerprint density at radius 2 is 2.18 bits per heavy atom. The van der Waals surface area contributed by atoms with Crippen LogP contribution in [0.15, 0.2) is 22.7 Å². The molecule has 0 aromatic heterocycles. The molecule has 1 aliphatic heterocycles. The summed E-state index contributed by atoms with van der Waals surface area (Å²) in [5.41, 5.74) is 0.909. The Hall–Kier alpha value is -1.08. The Labute approximate surface area is 139 Å². The van der Waals surface area contributed by atoms with E-state index in [1.807, 2.05) is 18.2 Å². The normalized spacial score (nSPS) is 19.9. The van der Waals surface area contributed by atoms with Gasteiger partial charge in [0.05, 0.1) is 18.6 Å². The van der Waals surface area contributed by atoms with Crippen molar-refractivity contribution in [2.75, 3.05) is 25.7 Å². The maximum Gasteiger partial charge on any atom is 0.222 e. The Morgan fingerprint density at radius 3 is 2.77 bits per heavy atom. The number of rotatable bonds is 5. The molecule has 1 amide bonds. The molecule has 122 valence electrons. The van der Waals surface area contributed by atoms with Crippen molar-refractivity contribution in [3.05, 3.63) is 28.2 Å². The van der Waals surface area contributed by atoms with Crippen LogP contribution in [0, 0.1) is 5.92 Å². The van der Waals surface area contributed by atoms with Crippen LogP contribution in [-0.2, 0) is 21.2 Å². The number of benzene rings is 1. The van der Waals surface area contributed by atoms with Crippen LogP contribution in [0.5, 0.6) is 5.75 Å². The van der Waals surface area contributed by atoms with Crippen molar-refractivity contribution < 1.29 is 17.9 Å². The van der Waals surface area contributed by atoms with Crippen LogP contribution in [-0.4, -0.2) is 44.9 Å². The minimum Gasteiger partial charge on any atom is -0.496 e. The molecule has 1 fully saturated rings. The zero-order valence-corrected chi connectivity index (χ0v) is 15.1. The van der Waals surface area contributed by atoms with Crippen molar-refractivity contribution in [2.24, 2.45) is 5.92 Å². The van der Waals surface area contributed by atoms with E-state index in [1.165, 1.54) is 0 Å². The van der Waals surface area contributed by atoms with Gasteiger partial charge in [-0.25, -0.2) is 8.42 Å². The maximum atomic E-state index is 12.3. The summed E-state index contributed by atoms with van der Waals surface area (Å²) in [6.07, 6.45) is 0.869. The van der Waals surface area contributed by atoms with Crippen LogP contribution < -0.4 is 4.74 Å². The van der Waals surface area contributed by atoms with Crippen molar-refractivity contribution in [1.82, 2.24) is 4.90 Å². The molecule has 1 aliphatic rings. The Kier molecular flexibility index (Phi) is 5.50. The lowest BCUT2D eigenvalue weighted by Crippen LogP contribution is -2.28. The predicted molar refractivity (Wildman–Crippen MR) is 88.5 cm³/mol. The summed E-state index contributed by atoms with van der Waals surface area (Å²) in [4.78, 5) is 13.9. The fraction of sp³-hybridized carbons (Fsp3) is 0.533. The number of carbonyl (C=O) groups is 1. The molecule has 7 heteroatoms. The molecule has 1 aromatic carbocycles. The Bertz CT molecular complexity index is 660. The van der Waals surface area contributed by atoms with Crippen LogP contribution in [0.1, 0.15) is 18.4 Å². The van der Waals surface area contributed by atoms with Gasteiger partial charge in [0, 0.05) is 30.0 Å². The second-order valence-corrected chi connectivity index (χ2v) is 8.82. The second kappa shape index (κ2) is 7.00. The van der Waals surface area contributed by atoms with Gasteiger partial charge in [0.25, 0.3) is 0 Å². The summed E-state index contributed by atoms with van der Waals surface area (Å²) in [7, 11) is 0.385. The molecular weight excluding hydrogens is 370 g/mol.